The summed E-state index contributed by atoms with van der Waals surface area (Å²) in [4.78, 5) is 2.43. The molecule has 0 amide bonds. The Labute approximate surface area is 259 Å². The van der Waals surface area contributed by atoms with E-state index in [0.29, 0.717) is 0 Å². The highest BCUT2D eigenvalue weighted by Crippen LogP contribution is 2.50. The molecule has 0 N–H and O–H groups in total. The molecule has 0 fully saturated rings. The van der Waals surface area contributed by atoms with Crippen molar-refractivity contribution in [2.24, 2.45) is 0 Å². The predicted molar refractivity (Wildman–Crippen MR) is 188 cm³/mol. The van der Waals surface area contributed by atoms with Crippen LogP contribution < -0.4 is 15.3 Å². The summed E-state index contributed by atoms with van der Waals surface area (Å²) in [7, 11) is -2.00. The van der Waals surface area contributed by atoms with Crippen LogP contribution in [0.1, 0.15) is 25.0 Å². The average molecular weight is 584 g/mol. The topological polar surface area (TPSA) is 16.4 Å². The lowest BCUT2D eigenvalue weighted by Crippen LogP contribution is -2.49. The minimum Gasteiger partial charge on any atom is -0.455 e. The lowest BCUT2D eigenvalue weighted by Gasteiger charge is -2.28. The Bertz CT molecular complexity index is 2290. The largest absolute Gasteiger partial charge is 0.455 e. The smallest absolute Gasteiger partial charge is 0.143 e. The first-order valence-electron chi connectivity index (χ1n) is 15.5. The average Bonchev–Trinajstić information content (AvgIpc) is 3.62. The van der Waals surface area contributed by atoms with E-state index in [-0.39, 0.29) is 5.41 Å². The summed E-state index contributed by atoms with van der Waals surface area (Å²) in [6, 6.07) is 46.9. The quantitative estimate of drug-likeness (QED) is 0.192. The Morgan fingerprint density at radius 3 is 2.11 bits per heavy atom. The van der Waals surface area contributed by atoms with Gasteiger partial charge in [-0.25, -0.2) is 0 Å². The van der Waals surface area contributed by atoms with Gasteiger partial charge < -0.3 is 9.32 Å². The van der Waals surface area contributed by atoms with Gasteiger partial charge in [0.1, 0.15) is 19.2 Å². The molecule has 44 heavy (non-hydrogen) atoms. The highest BCUT2D eigenvalue weighted by molar-refractivity contribution is 7.04. The number of fused-ring (bicyclic) bond motifs is 10. The van der Waals surface area contributed by atoms with E-state index < -0.39 is 8.07 Å². The third-order valence-electron chi connectivity index (χ3n) is 10.3. The molecule has 7 aromatic rings. The number of hydrogen-bond donors (Lipinski definition) is 0. The van der Waals surface area contributed by atoms with Crippen molar-refractivity contribution in [2.75, 3.05) is 4.90 Å². The fraction of sp³-hybridized carbons (Fsp3) is 0.122. The van der Waals surface area contributed by atoms with Gasteiger partial charge in [0.25, 0.3) is 0 Å². The fourth-order valence-electron chi connectivity index (χ4n) is 8.00. The van der Waals surface area contributed by atoms with E-state index in [1.807, 2.05) is 0 Å². The number of benzene rings is 6. The van der Waals surface area contributed by atoms with Crippen LogP contribution in [0.2, 0.25) is 13.1 Å². The molecule has 0 saturated heterocycles. The number of para-hydroxylation sites is 2. The standard InChI is InChI=1S/C41H33NOSi/c1-41(2)34-16-10-8-14-29(34)33-24-27(19-22-35(33)41)42(26-12-6-5-7-13-26)28-18-20-32-38(25-28)44(3,4)37-23-21-31-30-15-9-11-17-36(30)43-40(31)39(32)37/h5-25H,1-4H3. The molecule has 2 aliphatic rings. The van der Waals surface area contributed by atoms with Gasteiger partial charge >= 0.3 is 0 Å². The van der Waals surface area contributed by atoms with Gasteiger partial charge in [0.15, 0.2) is 0 Å². The van der Waals surface area contributed by atoms with Crippen molar-refractivity contribution in [3.8, 4) is 22.3 Å². The van der Waals surface area contributed by atoms with E-state index in [2.05, 4.69) is 159 Å². The van der Waals surface area contributed by atoms with Crippen LogP contribution in [0.15, 0.2) is 132 Å². The predicted octanol–water partition coefficient (Wildman–Crippen LogP) is 10.2. The molecule has 2 heterocycles. The van der Waals surface area contributed by atoms with Crippen molar-refractivity contribution in [3.63, 3.8) is 0 Å². The maximum absolute atomic E-state index is 6.56. The minimum absolute atomic E-state index is 0.0149. The van der Waals surface area contributed by atoms with Crippen LogP contribution >= 0.6 is 0 Å². The molecule has 3 heteroatoms. The van der Waals surface area contributed by atoms with Crippen LogP contribution in [0.3, 0.4) is 0 Å². The zero-order chi connectivity index (χ0) is 29.8. The van der Waals surface area contributed by atoms with E-state index in [4.69, 9.17) is 4.42 Å². The molecule has 1 aliphatic heterocycles. The first kappa shape index (κ1) is 25.6. The molecule has 6 aromatic carbocycles. The van der Waals surface area contributed by atoms with Gasteiger partial charge in [-0.05, 0) is 80.7 Å². The molecule has 0 unspecified atom stereocenters. The van der Waals surface area contributed by atoms with Crippen LogP contribution in [0.25, 0.3) is 44.2 Å². The third kappa shape index (κ3) is 3.36. The van der Waals surface area contributed by atoms with Crippen molar-refractivity contribution >= 4 is 57.4 Å². The second-order valence-corrected chi connectivity index (χ2v) is 17.7. The van der Waals surface area contributed by atoms with Gasteiger partial charge in [-0.3, -0.25) is 0 Å². The van der Waals surface area contributed by atoms with Crippen molar-refractivity contribution < 1.29 is 4.42 Å². The maximum atomic E-state index is 6.56. The van der Waals surface area contributed by atoms with Gasteiger partial charge in [-0.15, -0.1) is 0 Å². The normalized spacial score (nSPS) is 15.2. The van der Waals surface area contributed by atoms with Crippen LogP contribution in [-0.4, -0.2) is 8.07 Å². The number of hydrogen-bond acceptors (Lipinski definition) is 2. The molecule has 2 nitrogen and oxygen atoms in total. The first-order valence-corrected chi connectivity index (χ1v) is 18.5. The third-order valence-corrected chi connectivity index (χ3v) is 13.8. The molecule has 212 valence electrons. The summed E-state index contributed by atoms with van der Waals surface area (Å²) in [5.41, 5.74) is 13.6. The van der Waals surface area contributed by atoms with Gasteiger partial charge in [0.05, 0.1) is 0 Å². The van der Waals surface area contributed by atoms with Gasteiger partial charge in [-0.1, -0.05) is 112 Å². The highest BCUT2D eigenvalue weighted by Gasteiger charge is 2.40. The Balaban J connectivity index is 1.24. The fourth-order valence-corrected chi connectivity index (χ4v) is 11.1. The molecule has 0 spiro atoms. The van der Waals surface area contributed by atoms with Crippen molar-refractivity contribution in [3.05, 3.63) is 139 Å². The molecule has 1 aromatic heterocycles. The van der Waals surface area contributed by atoms with Gasteiger partial charge in [-0.2, -0.15) is 0 Å². The van der Waals surface area contributed by atoms with E-state index in [9.17, 15) is 0 Å². The van der Waals surface area contributed by atoms with Crippen molar-refractivity contribution in [1.29, 1.82) is 0 Å². The summed E-state index contributed by atoms with van der Waals surface area (Å²) in [5, 5.41) is 5.31. The number of nitrogens with zero attached hydrogens (tertiary/aromatic N) is 1. The van der Waals surface area contributed by atoms with Gasteiger partial charge in [0, 0.05) is 38.8 Å². The second kappa shape index (κ2) is 8.84. The van der Waals surface area contributed by atoms with Crippen LogP contribution in [-0.2, 0) is 5.41 Å². The molecular weight excluding hydrogens is 551 g/mol. The Morgan fingerprint density at radius 1 is 0.545 bits per heavy atom. The maximum Gasteiger partial charge on any atom is 0.143 e. The zero-order valence-corrected chi connectivity index (χ0v) is 26.5. The number of rotatable bonds is 3. The summed E-state index contributed by atoms with van der Waals surface area (Å²) in [5.74, 6) is 0. The van der Waals surface area contributed by atoms with Gasteiger partial charge in [0.2, 0.25) is 0 Å². The number of anilines is 3. The summed E-state index contributed by atoms with van der Waals surface area (Å²) in [6.45, 7) is 9.65. The van der Waals surface area contributed by atoms with Crippen molar-refractivity contribution in [1.82, 2.24) is 0 Å². The van der Waals surface area contributed by atoms with Crippen LogP contribution in [0.5, 0.6) is 0 Å². The molecule has 0 atom stereocenters. The summed E-state index contributed by atoms with van der Waals surface area (Å²) in [6.07, 6.45) is 0. The molecule has 0 bridgehead atoms. The van der Waals surface area contributed by atoms with Crippen LogP contribution in [0, 0.1) is 0 Å². The lowest BCUT2D eigenvalue weighted by atomic mass is 9.82. The highest BCUT2D eigenvalue weighted by atomic mass is 28.3. The Morgan fingerprint density at radius 2 is 1.25 bits per heavy atom. The second-order valence-electron chi connectivity index (χ2n) is 13.4. The molecule has 0 saturated carbocycles. The van der Waals surface area contributed by atoms with E-state index in [1.165, 1.54) is 65.9 Å². The first-order chi connectivity index (χ1) is 21.3. The molecular formula is C41H33NOSi. The van der Waals surface area contributed by atoms with Crippen LogP contribution in [0.4, 0.5) is 17.1 Å². The zero-order valence-electron chi connectivity index (χ0n) is 25.5. The van der Waals surface area contributed by atoms with E-state index >= 15 is 0 Å². The van der Waals surface area contributed by atoms with E-state index in [1.54, 1.807) is 0 Å². The molecule has 1 aliphatic carbocycles. The summed E-state index contributed by atoms with van der Waals surface area (Å²) < 4.78 is 6.56. The molecule has 9 rings (SSSR count). The molecule has 0 radical (unpaired) electrons. The van der Waals surface area contributed by atoms with E-state index in [0.717, 1.165) is 16.9 Å². The minimum atomic E-state index is -2.00. The Kier molecular flexibility index (Phi) is 5.15. The van der Waals surface area contributed by atoms with Crippen molar-refractivity contribution in [2.45, 2.75) is 32.4 Å². The Hall–Kier alpha value is -4.86. The SMILES string of the molecule is CC1(C)c2ccccc2-c2cc(N(c3ccccc3)c3ccc4c(c3)[Si](C)(C)c3ccc5c(oc6ccccc65)c3-4)ccc21. The summed E-state index contributed by atoms with van der Waals surface area (Å²) >= 11 is 0. The monoisotopic (exact) mass is 583 g/mol. The number of furan rings is 1. The lowest BCUT2D eigenvalue weighted by molar-refractivity contribution is 0.660.